The van der Waals surface area contributed by atoms with E-state index < -0.39 is 27.3 Å². The highest BCUT2D eigenvalue weighted by Crippen LogP contribution is 2.27. The van der Waals surface area contributed by atoms with E-state index in [-0.39, 0.29) is 53.1 Å². The molecular formula is C20H23N5O7S. The molecule has 1 aliphatic rings. The van der Waals surface area contributed by atoms with Gasteiger partial charge >= 0.3 is 5.97 Å². The summed E-state index contributed by atoms with van der Waals surface area (Å²) in [5, 5.41) is 6.95. The minimum atomic E-state index is -3.14. The van der Waals surface area contributed by atoms with Crippen molar-refractivity contribution in [3.05, 3.63) is 39.8 Å². The average Bonchev–Trinajstić information content (AvgIpc) is 3.38. The summed E-state index contributed by atoms with van der Waals surface area (Å²) in [6.07, 6.45) is 1.57. The van der Waals surface area contributed by atoms with Gasteiger partial charge in [0.15, 0.2) is 9.84 Å². The van der Waals surface area contributed by atoms with Crippen molar-refractivity contribution < 1.29 is 27.2 Å². The summed E-state index contributed by atoms with van der Waals surface area (Å²) in [5.41, 5.74) is -0.0481. The zero-order valence-corrected chi connectivity index (χ0v) is 19.1. The second-order valence-corrected chi connectivity index (χ2v) is 10.1. The first-order valence-corrected chi connectivity index (χ1v) is 12.1. The zero-order valence-electron chi connectivity index (χ0n) is 18.3. The van der Waals surface area contributed by atoms with Crippen LogP contribution < -0.4 is 10.9 Å². The van der Waals surface area contributed by atoms with Crippen molar-refractivity contribution in [1.29, 1.82) is 0 Å². The molecule has 0 spiro atoms. The Labute approximate surface area is 188 Å². The van der Waals surface area contributed by atoms with Crippen LogP contribution in [0.2, 0.25) is 0 Å². The maximum Gasteiger partial charge on any atom is 0.342 e. The second kappa shape index (κ2) is 8.46. The van der Waals surface area contributed by atoms with E-state index in [1.807, 2.05) is 0 Å². The summed E-state index contributed by atoms with van der Waals surface area (Å²) in [6, 6.07) is 1.26. The third-order valence-corrected chi connectivity index (χ3v) is 7.08. The molecular weight excluding hydrogens is 454 g/mol. The van der Waals surface area contributed by atoms with Crippen LogP contribution in [0.3, 0.4) is 0 Å². The van der Waals surface area contributed by atoms with Gasteiger partial charge in [-0.15, -0.1) is 0 Å². The Morgan fingerprint density at radius 3 is 2.76 bits per heavy atom. The van der Waals surface area contributed by atoms with E-state index in [0.717, 1.165) is 10.9 Å². The first-order valence-electron chi connectivity index (χ1n) is 10.3. The number of nitrogens with zero attached hydrogens (tertiary/aromatic N) is 4. The predicted octanol–water partition coefficient (Wildman–Crippen LogP) is 0.978. The molecule has 3 aromatic rings. The highest BCUT2D eigenvalue weighted by atomic mass is 32.2. The standard InChI is InChI=1S/C20H23N5O7S/c1-4-31-20(28)16-12(3)32-18-17(16)19(27)24(10-21-18)8-15(26)22-14-7-11(2)23-25(14)13-5-6-33(29,30)9-13/h7,10,13H,4-6,8-9H2,1-3H3,(H,22,26). The molecule has 1 atom stereocenters. The summed E-state index contributed by atoms with van der Waals surface area (Å²) in [5.74, 6) is -0.695. The number of ether oxygens (including phenoxy) is 1. The van der Waals surface area contributed by atoms with Gasteiger partial charge in [0.25, 0.3) is 5.56 Å². The summed E-state index contributed by atoms with van der Waals surface area (Å²) in [4.78, 5) is 42.1. The Morgan fingerprint density at radius 1 is 1.33 bits per heavy atom. The van der Waals surface area contributed by atoms with Crippen molar-refractivity contribution in [1.82, 2.24) is 19.3 Å². The Bertz CT molecular complexity index is 1420. The van der Waals surface area contributed by atoms with Crippen LogP contribution in [0.4, 0.5) is 5.82 Å². The minimum absolute atomic E-state index is 0.0183. The van der Waals surface area contributed by atoms with Crippen molar-refractivity contribution >= 4 is 38.6 Å². The van der Waals surface area contributed by atoms with Crippen LogP contribution in [0.1, 0.15) is 41.2 Å². The fraction of sp³-hybridized carbons (Fsp3) is 0.450. The SMILES string of the molecule is CCOC(=O)c1c(C)oc2ncn(CC(=O)Nc3cc(C)nn3C3CCS(=O)(=O)C3)c(=O)c12. The Kier molecular flexibility index (Phi) is 5.82. The molecule has 13 heteroatoms. The van der Waals surface area contributed by atoms with Crippen LogP contribution in [0.5, 0.6) is 0 Å². The van der Waals surface area contributed by atoms with Crippen LogP contribution in [-0.2, 0) is 25.9 Å². The summed E-state index contributed by atoms with van der Waals surface area (Å²) >= 11 is 0. The zero-order chi connectivity index (χ0) is 23.9. The number of aromatic nitrogens is 4. The third kappa shape index (κ3) is 4.40. The highest BCUT2D eigenvalue weighted by Gasteiger charge is 2.31. The van der Waals surface area contributed by atoms with Crippen LogP contribution in [0.15, 0.2) is 21.6 Å². The van der Waals surface area contributed by atoms with Gasteiger partial charge in [0, 0.05) is 6.07 Å². The van der Waals surface area contributed by atoms with Gasteiger partial charge < -0.3 is 14.5 Å². The van der Waals surface area contributed by atoms with Gasteiger partial charge in [-0.3, -0.25) is 14.2 Å². The second-order valence-electron chi connectivity index (χ2n) is 7.83. The van der Waals surface area contributed by atoms with Crippen molar-refractivity contribution in [3.63, 3.8) is 0 Å². The summed E-state index contributed by atoms with van der Waals surface area (Å²) in [6.45, 7) is 4.63. The lowest BCUT2D eigenvalue weighted by Gasteiger charge is -2.14. The summed E-state index contributed by atoms with van der Waals surface area (Å²) < 4.78 is 36.7. The van der Waals surface area contributed by atoms with E-state index in [4.69, 9.17) is 9.15 Å². The van der Waals surface area contributed by atoms with Crippen molar-refractivity contribution in [2.24, 2.45) is 0 Å². The topological polar surface area (TPSA) is 155 Å². The molecule has 3 aromatic heterocycles. The Morgan fingerprint density at radius 2 is 2.09 bits per heavy atom. The number of nitrogens with one attached hydrogen (secondary N) is 1. The van der Waals surface area contributed by atoms with Crippen LogP contribution in [0, 0.1) is 13.8 Å². The number of carbonyl (C=O) groups is 2. The quantitative estimate of drug-likeness (QED) is 0.511. The molecule has 1 saturated heterocycles. The smallest absolute Gasteiger partial charge is 0.342 e. The van der Waals surface area contributed by atoms with Gasteiger partial charge in [0.1, 0.15) is 35.4 Å². The molecule has 1 unspecified atom stereocenters. The lowest BCUT2D eigenvalue weighted by molar-refractivity contribution is -0.116. The molecule has 1 fully saturated rings. The minimum Gasteiger partial charge on any atom is -0.462 e. The van der Waals surface area contributed by atoms with Crippen molar-refractivity contribution in [2.45, 2.75) is 39.8 Å². The number of amides is 1. The molecule has 0 aliphatic carbocycles. The van der Waals surface area contributed by atoms with E-state index in [2.05, 4.69) is 15.4 Å². The van der Waals surface area contributed by atoms with Gasteiger partial charge in [-0.2, -0.15) is 5.10 Å². The Hall–Kier alpha value is -3.48. The van der Waals surface area contributed by atoms with Gasteiger partial charge in [0.2, 0.25) is 11.6 Å². The van der Waals surface area contributed by atoms with E-state index in [9.17, 15) is 22.8 Å². The van der Waals surface area contributed by atoms with Crippen LogP contribution >= 0.6 is 0 Å². The number of sulfone groups is 1. The maximum atomic E-state index is 13.0. The molecule has 4 rings (SSSR count). The van der Waals surface area contributed by atoms with Crippen LogP contribution in [-0.4, -0.2) is 57.7 Å². The van der Waals surface area contributed by atoms with Crippen molar-refractivity contribution in [3.8, 4) is 0 Å². The third-order valence-electron chi connectivity index (χ3n) is 5.33. The molecule has 0 aromatic carbocycles. The maximum absolute atomic E-state index is 13.0. The monoisotopic (exact) mass is 477 g/mol. The lowest BCUT2D eigenvalue weighted by atomic mass is 10.2. The van der Waals surface area contributed by atoms with Gasteiger partial charge in [-0.1, -0.05) is 0 Å². The number of furan rings is 1. The fourth-order valence-electron chi connectivity index (χ4n) is 3.89. The number of carbonyl (C=O) groups excluding carboxylic acids is 2. The fourth-order valence-corrected chi connectivity index (χ4v) is 5.58. The predicted molar refractivity (Wildman–Crippen MR) is 117 cm³/mol. The van der Waals surface area contributed by atoms with Crippen LogP contribution in [0.25, 0.3) is 11.1 Å². The molecule has 1 amide bonds. The average molecular weight is 477 g/mol. The first kappa shape index (κ1) is 22.7. The number of hydrogen-bond donors (Lipinski definition) is 1. The molecule has 4 heterocycles. The van der Waals surface area contributed by atoms with Gasteiger partial charge in [-0.05, 0) is 27.2 Å². The van der Waals surface area contributed by atoms with E-state index in [0.29, 0.717) is 17.9 Å². The number of hydrogen-bond acceptors (Lipinski definition) is 9. The molecule has 12 nitrogen and oxygen atoms in total. The number of fused-ring (bicyclic) bond motifs is 1. The Balaban J connectivity index is 1.60. The van der Waals surface area contributed by atoms with Gasteiger partial charge in [0.05, 0.1) is 29.8 Å². The normalized spacial score (nSPS) is 17.4. The molecule has 0 radical (unpaired) electrons. The summed E-state index contributed by atoms with van der Waals surface area (Å²) in [7, 11) is -3.14. The first-order chi connectivity index (χ1) is 15.6. The molecule has 176 valence electrons. The van der Waals surface area contributed by atoms with E-state index in [1.165, 1.54) is 11.6 Å². The molecule has 1 aliphatic heterocycles. The van der Waals surface area contributed by atoms with Gasteiger partial charge in [-0.25, -0.2) is 22.9 Å². The van der Waals surface area contributed by atoms with Crippen molar-refractivity contribution in [2.75, 3.05) is 23.4 Å². The largest absolute Gasteiger partial charge is 0.462 e. The molecule has 1 N–H and O–H groups in total. The lowest BCUT2D eigenvalue weighted by Crippen LogP contribution is -2.29. The highest BCUT2D eigenvalue weighted by molar-refractivity contribution is 7.91. The van der Waals surface area contributed by atoms with E-state index >= 15 is 0 Å². The number of anilines is 1. The molecule has 0 saturated carbocycles. The number of aryl methyl sites for hydroxylation is 2. The molecule has 33 heavy (non-hydrogen) atoms. The molecule has 0 bridgehead atoms. The van der Waals surface area contributed by atoms with E-state index in [1.54, 1.807) is 19.9 Å². The number of rotatable bonds is 6. The number of esters is 1.